The summed E-state index contributed by atoms with van der Waals surface area (Å²) in [5.41, 5.74) is 6.33. The molecular formula is C13H11FN2O2. The number of halogens is 1. The number of benzene rings is 1. The zero-order chi connectivity index (χ0) is 13.0. The van der Waals surface area contributed by atoms with Crippen molar-refractivity contribution < 1.29 is 13.9 Å². The van der Waals surface area contributed by atoms with E-state index in [0.717, 1.165) is 12.1 Å². The summed E-state index contributed by atoms with van der Waals surface area (Å²) in [6.07, 6.45) is 1.60. The number of pyridine rings is 1. The summed E-state index contributed by atoms with van der Waals surface area (Å²) in [4.78, 5) is 15.7. The molecule has 0 saturated carbocycles. The quantitative estimate of drug-likeness (QED) is 0.665. The van der Waals surface area contributed by atoms with Gasteiger partial charge in [0.1, 0.15) is 12.4 Å². The van der Waals surface area contributed by atoms with Gasteiger partial charge in [-0.2, -0.15) is 0 Å². The maximum absolute atomic E-state index is 13.1. The summed E-state index contributed by atoms with van der Waals surface area (Å²) < 4.78 is 18.1. The van der Waals surface area contributed by atoms with Gasteiger partial charge >= 0.3 is 5.97 Å². The van der Waals surface area contributed by atoms with Gasteiger partial charge in [-0.05, 0) is 30.3 Å². The number of nitrogens with zero attached hydrogens (tertiary/aromatic N) is 1. The molecule has 0 aliphatic carbocycles. The zero-order valence-electron chi connectivity index (χ0n) is 9.47. The van der Waals surface area contributed by atoms with Gasteiger partial charge in [0.25, 0.3) is 0 Å². The van der Waals surface area contributed by atoms with Crippen LogP contribution < -0.4 is 5.73 Å². The van der Waals surface area contributed by atoms with Crippen LogP contribution in [0.4, 0.5) is 10.1 Å². The van der Waals surface area contributed by atoms with Crippen LogP contribution in [-0.4, -0.2) is 11.0 Å². The summed E-state index contributed by atoms with van der Waals surface area (Å²) in [5, 5.41) is 0. The lowest BCUT2D eigenvalue weighted by Crippen LogP contribution is -2.07. The van der Waals surface area contributed by atoms with E-state index in [1.807, 2.05) is 0 Å². The first-order valence-corrected chi connectivity index (χ1v) is 5.28. The first-order chi connectivity index (χ1) is 8.65. The lowest BCUT2D eigenvalue weighted by molar-refractivity contribution is 0.0467. The predicted octanol–water partition coefficient (Wildman–Crippen LogP) is 2.16. The van der Waals surface area contributed by atoms with Gasteiger partial charge in [-0.3, -0.25) is 4.98 Å². The topological polar surface area (TPSA) is 65.2 Å². The Kier molecular flexibility index (Phi) is 3.52. The van der Waals surface area contributed by atoms with E-state index in [-0.39, 0.29) is 17.9 Å². The molecule has 0 aliphatic heterocycles. The summed E-state index contributed by atoms with van der Waals surface area (Å²) in [6.45, 7) is 0.0378. The van der Waals surface area contributed by atoms with Crippen molar-refractivity contribution in [2.45, 2.75) is 6.61 Å². The minimum Gasteiger partial charge on any atom is -0.456 e. The molecule has 0 amide bonds. The number of nitrogen functional groups attached to an aromatic ring is 1. The van der Waals surface area contributed by atoms with E-state index in [2.05, 4.69) is 4.98 Å². The Morgan fingerprint density at radius 2 is 2.17 bits per heavy atom. The molecule has 0 unspecified atom stereocenters. The number of esters is 1. The third-order valence-corrected chi connectivity index (χ3v) is 2.23. The lowest BCUT2D eigenvalue weighted by Gasteiger charge is -2.05. The second-order valence-corrected chi connectivity index (χ2v) is 3.67. The number of carbonyl (C=O) groups is 1. The van der Waals surface area contributed by atoms with Crippen LogP contribution in [0.3, 0.4) is 0 Å². The van der Waals surface area contributed by atoms with Crippen LogP contribution in [0, 0.1) is 5.82 Å². The number of rotatable bonds is 3. The Bertz CT molecular complexity index is 538. The molecule has 2 aromatic rings. The first-order valence-electron chi connectivity index (χ1n) is 5.28. The van der Waals surface area contributed by atoms with Crippen LogP contribution in [0.1, 0.15) is 16.1 Å². The van der Waals surface area contributed by atoms with Crippen molar-refractivity contribution >= 4 is 11.7 Å². The molecule has 18 heavy (non-hydrogen) atoms. The largest absolute Gasteiger partial charge is 0.456 e. The molecule has 4 nitrogen and oxygen atoms in total. The number of hydrogen-bond donors (Lipinski definition) is 1. The average Bonchev–Trinajstić information content (AvgIpc) is 2.36. The van der Waals surface area contributed by atoms with Crippen LogP contribution in [-0.2, 0) is 11.3 Å². The molecular weight excluding hydrogens is 235 g/mol. The van der Waals surface area contributed by atoms with Crippen LogP contribution in [0.5, 0.6) is 0 Å². The van der Waals surface area contributed by atoms with Gasteiger partial charge in [0.2, 0.25) is 0 Å². The SMILES string of the molecule is Nc1cc(F)cc(C(=O)OCc2ccccn2)c1. The van der Waals surface area contributed by atoms with Gasteiger partial charge in [-0.25, -0.2) is 9.18 Å². The maximum atomic E-state index is 13.1. The van der Waals surface area contributed by atoms with E-state index < -0.39 is 11.8 Å². The molecule has 1 aromatic carbocycles. The highest BCUT2D eigenvalue weighted by Gasteiger charge is 2.10. The molecule has 0 aliphatic rings. The van der Waals surface area contributed by atoms with Crippen LogP contribution in [0.25, 0.3) is 0 Å². The number of ether oxygens (including phenoxy) is 1. The van der Waals surface area contributed by atoms with Gasteiger partial charge in [0.05, 0.1) is 11.3 Å². The predicted molar refractivity (Wildman–Crippen MR) is 64.2 cm³/mol. The van der Waals surface area contributed by atoms with Gasteiger partial charge < -0.3 is 10.5 Å². The monoisotopic (exact) mass is 246 g/mol. The highest BCUT2D eigenvalue weighted by Crippen LogP contribution is 2.12. The third kappa shape index (κ3) is 3.04. The Morgan fingerprint density at radius 3 is 2.83 bits per heavy atom. The highest BCUT2D eigenvalue weighted by atomic mass is 19.1. The average molecular weight is 246 g/mol. The molecule has 92 valence electrons. The summed E-state index contributed by atoms with van der Waals surface area (Å²) >= 11 is 0. The van der Waals surface area contributed by atoms with Crippen molar-refractivity contribution in [3.63, 3.8) is 0 Å². The fraction of sp³-hybridized carbons (Fsp3) is 0.0769. The molecule has 1 aromatic heterocycles. The van der Waals surface area contributed by atoms with Crippen molar-refractivity contribution in [2.75, 3.05) is 5.73 Å². The number of anilines is 1. The van der Waals surface area contributed by atoms with E-state index in [0.29, 0.717) is 5.69 Å². The summed E-state index contributed by atoms with van der Waals surface area (Å²) in [6, 6.07) is 8.86. The van der Waals surface area contributed by atoms with Crippen LogP contribution in [0.15, 0.2) is 42.6 Å². The van der Waals surface area contributed by atoms with Crippen molar-refractivity contribution in [2.24, 2.45) is 0 Å². The Morgan fingerprint density at radius 1 is 1.33 bits per heavy atom. The van der Waals surface area contributed by atoms with Crippen molar-refractivity contribution in [3.05, 3.63) is 59.7 Å². The van der Waals surface area contributed by atoms with E-state index in [1.54, 1.807) is 24.4 Å². The second-order valence-electron chi connectivity index (χ2n) is 3.67. The Hall–Kier alpha value is -2.43. The molecule has 0 fully saturated rings. The van der Waals surface area contributed by atoms with E-state index in [9.17, 15) is 9.18 Å². The van der Waals surface area contributed by atoms with Crippen molar-refractivity contribution in [1.82, 2.24) is 4.98 Å². The molecule has 2 rings (SSSR count). The van der Waals surface area contributed by atoms with Crippen molar-refractivity contribution in [1.29, 1.82) is 0 Å². The molecule has 0 radical (unpaired) electrons. The fourth-order valence-electron chi connectivity index (χ4n) is 1.44. The van der Waals surface area contributed by atoms with E-state index in [1.165, 1.54) is 6.07 Å². The molecule has 5 heteroatoms. The van der Waals surface area contributed by atoms with Gasteiger partial charge in [-0.15, -0.1) is 0 Å². The molecule has 0 spiro atoms. The van der Waals surface area contributed by atoms with Gasteiger partial charge in [-0.1, -0.05) is 6.07 Å². The summed E-state index contributed by atoms with van der Waals surface area (Å²) in [5.74, 6) is -1.20. The van der Waals surface area contributed by atoms with E-state index >= 15 is 0 Å². The number of aromatic nitrogens is 1. The number of nitrogens with two attached hydrogens (primary N) is 1. The third-order valence-electron chi connectivity index (χ3n) is 2.23. The Balaban J connectivity index is 2.04. The molecule has 2 N–H and O–H groups in total. The normalized spacial score (nSPS) is 10.1. The molecule has 1 heterocycles. The first kappa shape index (κ1) is 12.0. The zero-order valence-corrected chi connectivity index (χ0v) is 9.47. The fourth-order valence-corrected chi connectivity index (χ4v) is 1.44. The lowest BCUT2D eigenvalue weighted by atomic mass is 10.2. The second kappa shape index (κ2) is 5.27. The minimum atomic E-state index is -0.633. The molecule has 0 atom stereocenters. The van der Waals surface area contributed by atoms with Crippen molar-refractivity contribution in [3.8, 4) is 0 Å². The van der Waals surface area contributed by atoms with Gasteiger partial charge in [0, 0.05) is 11.9 Å². The number of carbonyl (C=O) groups excluding carboxylic acids is 1. The molecule has 0 saturated heterocycles. The minimum absolute atomic E-state index is 0.0378. The molecule has 0 bridgehead atoms. The highest BCUT2D eigenvalue weighted by molar-refractivity contribution is 5.90. The van der Waals surface area contributed by atoms with E-state index in [4.69, 9.17) is 10.5 Å². The summed E-state index contributed by atoms with van der Waals surface area (Å²) in [7, 11) is 0. The van der Waals surface area contributed by atoms with Gasteiger partial charge in [0.15, 0.2) is 0 Å². The standard InChI is InChI=1S/C13H11FN2O2/c14-10-5-9(6-11(15)7-10)13(17)18-8-12-3-1-2-4-16-12/h1-7H,8,15H2. The number of hydrogen-bond acceptors (Lipinski definition) is 4. The Labute approximate surface area is 103 Å². The smallest absolute Gasteiger partial charge is 0.338 e. The van der Waals surface area contributed by atoms with Crippen LogP contribution in [0.2, 0.25) is 0 Å². The van der Waals surface area contributed by atoms with Crippen LogP contribution >= 0.6 is 0 Å². The maximum Gasteiger partial charge on any atom is 0.338 e.